The molecule has 4 rings (SSSR count). The zero-order valence-electron chi connectivity index (χ0n) is 18.2. The normalized spacial score (nSPS) is 19.9. The van der Waals surface area contributed by atoms with E-state index in [9.17, 15) is 18.0 Å². The first-order valence-electron chi connectivity index (χ1n) is 10.6. The molecule has 0 saturated carbocycles. The van der Waals surface area contributed by atoms with Crippen molar-refractivity contribution in [2.45, 2.75) is 51.4 Å². The Morgan fingerprint density at radius 3 is 2.38 bits per heavy atom. The highest BCUT2D eigenvalue weighted by atomic mass is 19.4. The second-order valence-electron chi connectivity index (χ2n) is 8.28. The van der Waals surface area contributed by atoms with Gasteiger partial charge < -0.3 is 4.74 Å². The van der Waals surface area contributed by atoms with Gasteiger partial charge in [-0.15, -0.1) is 0 Å². The van der Waals surface area contributed by atoms with Crippen LogP contribution in [0.25, 0.3) is 16.9 Å². The van der Waals surface area contributed by atoms with Crippen molar-refractivity contribution < 1.29 is 22.7 Å². The number of ketones is 1. The number of halogens is 3. The summed E-state index contributed by atoms with van der Waals surface area (Å²) in [4.78, 5) is 19.4. The van der Waals surface area contributed by atoms with Gasteiger partial charge in [-0.05, 0) is 57.0 Å². The third-order valence-corrected chi connectivity index (χ3v) is 6.09. The van der Waals surface area contributed by atoms with Gasteiger partial charge in [-0.3, -0.25) is 9.69 Å². The van der Waals surface area contributed by atoms with Gasteiger partial charge in [0.1, 0.15) is 11.4 Å². The van der Waals surface area contributed by atoms with E-state index >= 15 is 0 Å². The SMILES string of the molecule is COc1ccc(-c2cc(C(F)(F)F)n3nc(C(=O)CN4C(C)CCCC4C)cc3n2)cc1. The summed E-state index contributed by atoms with van der Waals surface area (Å²) < 4.78 is 47.3. The second kappa shape index (κ2) is 8.54. The van der Waals surface area contributed by atoms with Gasteiger partial charge in [-0.25, -0.2) is 9.50 Å². The number of fused-ring (bicyclic) bond motifs is 1. The second-order valence-corrected chi connectivity index (χ2v) is 8.28. The number of Topliss-reactive ketones (excluding diaryl/α,β-unsaturated/α-hetero) is 1. The van der Waals surface area contributed by atoms with E-state index in [1.807, 2.05) is 0 Å². The molecule has 0 radical (unpaired) electrons. The standard InChI is InChI=1S/C23H25F3N4O2/c1-14-5-4-6-15(2)29(14)13-20(31)19-12-22-27-18(16-7-9-17(32-3)10-8-16)11-21(23(24,25)26)30(22)28-19/h7-12,14-15H,4-6,13H2,1-3H3. The van der Waals surface area contributed by atoms with Crippen molar-refractivity contribution in [2.75, 3.05) is 13.7 Å². The molecule has 3 aromatic rings. The molecule has 0 bridgehead atoms. The number of nitrogens with zero attached hydrogens (tertiary/aromatic N) is 4. The molecule has 6 nitrogen and oxygen atoms in total. The van der Waals surface area contributed by atoms with E-state index in [-0.39, 0.29) is 41.4 Å². The Balaban J connectivity index is 1.72. The van der Waals surface area contributed by atoms with Gasteiger partial charge in [0.25, 0.3) is 0 Å². The van der Waals surface area contributed by atoms with Crippen molar-refractivity contribution in [3.63, 3.8) is 0 Å². The average Bonchev–Trinajstić information content (AvgIpc) is 3.19. The van der Waals surface area contributed by atoms with Gasteiger partial charge >= 0.3 is 6.18 Å². The van der Waals surface area contributed by atoms with Crippen LogP contribution in [-0.4, -0.2) is 51.0 Å². The number of carbonyl (C=O) groups excluding carboxylic acids is 1. The predicted molar refractivity (Wildman–Crippen MR) is 114 cm³/mol. The van der Waals surface area contributed by atoms with Crippen LogP contribution in [0.4, 0.5) is 13.2 Å². The lowest BCUT2D eigenvalue weighted by Gasteiger charge is -2.38. The molecule has 0 N–H and O–H groups in total. The number of alkyl halides is 3. The van der Waals surface area contributed by atoms with Gasteiger partial charge in [0.15, 0.2) is 17.1 Å². The number of carbonyl (C=O) groups is 1. The fraction of sp³-hybridized carbons (Fsp3) is 0.435. The van der Waals surface area contributed by atoms with Gasteiger partial charge in [-0.1, -0.05) is 6.42 Å². The first-order valence-corrected chi connectivity index (χ1v) is 10.6. The zero-order chi connectivity index (χ0) is 23.0. The monoisotopic (exact) mass is 446 g/mol. The number of likely N-dealkylation sites (tertiary alicyclic amines) is 1. The van der Waals surface area contributed by atoms with Crippen molar-refractivity contribution >= 4 is 11.4 Å². The van der Waals surface area contributed by atoms with Gasteiger partial charge in [-0.2, -0.15) is 18.3 Å². The van der Waals surface area contributed by atoms with Gasteiger partial charge in [0.05, 0.1) is 19.3 Å². The van der Waals surface area contributed by atoms with E-state index in [1.165, 1.54) is 13.2 Å². The molecule has 2 atom stereocenters. The molecular weight excluding hydrogens is 421 g/mol. The molecule has 0 aliphatic carbocycles. The van der Waals surface area contributed by atoms with Crippen LogP contribution in [0.2, 0.25) is 0 Å². The fourth-order valence-corrected chi connectivity index (χ4v) is 4.26. The van der Waals surface area contributed by atoms with Gasteiger partial charge in [0, 0.05) is 23.7 Å². The third kappa shape index (κ3) is 4.34. The molecule has 1 aliphatic heterocycles. The molecule has 1 saturated heterocycles. The Morgan fingerprint density at radius 1 is 1.12 bits per heavy atom. The van der Waals surface area contributed by atoms with E-state index in [4.69, 9.17) is 4.74 Å². The van der Waals surface area contributed by atoms with Crippen LogP contribution in [0.1, 0.15) is 49.3 Å². The maximum absolute atomic E-state index is 13.8. The summed E-state index contributed by atoms with van der Waals surface area (Å²) in [6, 6.07) is 9.35. The summed E-state index contributed by atoms with van der Waals surface area (Å²) in [5.74, 6) is 0.277. The highest BCUT2D eigenvalue weighted by Crippen LogP contribution is 2.33. The minimum absolute atomic E-state index is 0.0140. The van der Waals surface area contributed by atoms with E-state index < -0.39 is 11.9 Å². The average molecular weight is 446 g/mol. The maximum atomic E-state index is 13.8. The number of aromatic nitrogens is 3. The quantitative estimate of drug-likeness (QED) is 0.524. The number of piperidine rings is 1. The van der Waals surface area contributed by atoms with Crippen molar-refractivity contribution in [2.24, 2.45) is 0 Å². The van der Waals surface area contributed by atoms with Crippen molar-refractivity contribution in [3.8, 4) is 17.0 Å². The van der Waals surface area contributed by atoms with E-state index in [0.717, 1.165) is 25.3 Å². The summed E-state index contributed by atoms with van der Waals surface area (Å²) in [6.07, 6.45) is -1.57. The Bertz CT molecular complexity index is 1110. The number of benzene rings is 1. The van der Waals surface area contributed by atoms with E-state index in [1.54, 1.807) is 24.3 Å². The molecular formula is C23H25F3N4O2. The predicted octanol–water partition coefficient (Wildman–Crippen LogP) is 4.87. The Kier molecular flexibility index (Phi) is 5.94. The number of methoxy groups -OCH3 is 1. The van der Waals surface area contributed by atoms with Crippen LogP contribution in [0.15, 0.2) is 36.4 Å². The molecule has 32 heavy (non-hydrogen) atoms. The highest BCUT2D eigenvalue weighted by molar-refractivity contribution is 5.96. The maximum Gasteiger partial charge on any atom is 0.433 e. The summed E-state index contributed by atoms with van der Waals surface area (Å²) in [6.45, 7) is 4.26. The molecule has 1 fully saturated rings. The number of hydrogen-bond acceptors (Lipinski definition) is 5. The van der Waals surface area contributed by atoms with Gasteiger partial charge in [0.2, 0.25) is 0 Å². The van der Waals surface area contributed by atoms with Crippen LogP contribution in [0.3, 0.4) is 0 Å². The number of rotatable bonds is 5. The lowest BCUT2D eigenvalue weighted by molar-refractivity contribution is -0.142. The fourth-order valence-electron chi connectivity index (χ4n) is 4.26. The Morgan fingerprint density at radius 2 is 1.78 bits per heavy atom. The molecule has 1 aliphatic rings. The van der Waals surface area contributed by atoms with E-state index in [0.29, 0.717) is 15.8 Å². The number of hydrogen-bond donors (Lipinski definition) is 0. The molecule has 9 heteroatoms. The zero-order valence-corrected chi connectivity index (χ0v) is 18.2. The minimum atomic E-state index is -4.66. The summed E-state index contributed by atoms with van der Waals surface area (Å²) in [5, 5.41) is 3.99. The van der Waals surface area contributed by atoms with Crippen molar-refractivity contribution in [3.05, 3.63) is 47.8 Å². The molecule has 3 heterocycles. The van der Waals surface area contributed by atoms with Crippen LogP contribution >= 0.6 is 0 Å². The minimum Gasteiger partial charge on any atom is -0.497 e. The smallest absolute Gasteiger partial charge is 0.433 e. The Hall–Kier alpha value is -2.94. The van der Waals surface area contributed by atoms with Crippen LogP contribution in [0, 0.1) is 0 Å². The highest BCUT2D eigenvalue weighted by Gasteiger charge is 2.36. The third-order valence-electron chi connectivity index (χ3n) is 6.09. The molecule has 2 aromatic heterocycles. The largest absolute Gasteiger partial charge is 0.497 e. The molecule has 0 spiro atoms. The number of ether oxygens (including phenoxy) is 1. The van der Waals surface area contributed by atoms with Crippen LogP contribution in [-0.2, 0) is 6.18 Å². The van der Waals surface area contributed by atoms with Crippen LogP contribution in [0.5, 0.6) is 5.75 Å². The van der Waals surface area contributed by atoms with Crippen molar-refractivity contribution in [1.29, 1.82) is 0 Å². The lowest BCUT2D eigenvalue weighted by atomic mass is 9.97. The summed E-state index contributed by atoms with van der Waals surface area (Å²) in [7, 11) is 1.51. The van der Waals surface area contributed by atoms with E-state index in [2.05, 4.69) is 28.8 Å². The molecule has 2 unspecified atom stereocenters. The molecule has 1 aromatic carbocycles. The Labute approximate surface area is 184 Å². The first-order chi connectivity index (χ1) is 15.2. The van der Waals surface area contributed by atoms with Crippen LogP contribution < -0.4 is 4.74 Å². The molecule has 170 valence electrons. The first kappa shape index (κ1) is 22.3. The lowest BCUT2D eigenvalue weighted by Crippen LogP contribution is -2.46. The topological polar surface area (TPSA) is 59.7 Å². The molecule has 0 amide bonds. The van der Waals surface area contributed by atoms with Crippen molar-refractivity contribution in [1.82, 2.24) is 19.5 Å². The summed E-state index contributed by atoms with van der Waals surface area (Å²) >= 11 is 0. The summed E-state index contributed by atoms with van der Waals surface area (Å²) in [5.41, 5.74) is -0.367.